The van der Waals surface area contributed by atoms with Gasteiger partial charge in [-0.1, -0.05) is 0 Å². The molecule has 1 amide bonds. The van der Waals surface area contributed by atoms with E-state index in [1.165, 1.54) is 12.1 Å². The van der Waals surface area contributed by atoms with E-state index in [2.05, 4.69) is 21.2 Å². The third-order valence-corrected chi connectivity index (χ3v) is 3.46. The predicted molar refractivity (Wildman–Crippen MR) is 61.8 cm³/mol. The lowest BCUT2D eigenvalue weighted by atomic mass is 9.84. The Morgan fingerprint density at radius 1 is 1.44 bits per heavy atom. The highest BCUT2D eigenvalue weighted by molar-refractivity contribution is 9.10. The number of fused-ring (bicyclic) bond motifs is 1. The number of carbonyl (C=O) groups is 1. The molecule has 0 fully saturated rings. The van der Waals surface area contributed by atoms with Crippen molar-refractivity contribution in [2.24, 2.45) is 0 Å². The third-order valence-electron chi connectivity index (χ3n) is 2.77. The number of carbonyl (C=O) groups excluding carboxylic acids is 1. The van der Waals surface area contributed by atoms with Crippen molar-refractivity contribution < 1.29 is 23.1 Å². The van der Waals surface area contributed by atoms with E-state index < -0.39 is 29.7 Å². The van der Waals surface area contributed by atoms with E-state index in [-0.39, 0.29) is 15.8 Å². The second-order valence-corrected chi connectivity index (χ2v) is 4.82. The molecule has 98 valence electrons. The summed E-state index contributed by atoms with van der Waals surface area (Å²) in [6.07, 6.45) is -6.10. The number of nitrogen functional groups attached to an aromatic ring is 1. The monoisotopic (exact) mass is 324 g/mol. The molecule has 0 spiro atoms. The molecule has 0 radical (unpaired) electrons. The molecule has 0 saturated carbocycles. The molecular weight excluding hydrogens is 317 g/mol. The van der Waals surface area contributed by atoms with Gasteiger partial charge in [-0.15, -0.1) is 0 Å². The van der Waals surface area contributed by atoms with E-state index in [4.69, 9.17) is 5.73 Å². The Bertz CT molecular complexity index is 533. The van der Waals surface area contributed by atoms with Crippen LogP contribution in [0.1, 0.15) is 12.0 Å². The van der Waals surface area contributed by atoms with E-state index in [9.17, 15) is 23.1 Å². The fourth-order valence-electron chi connectivity index (χ4n) is 1.90. The number of hydrogen-bond acceptors (Lipinski definition) is 3. The van der Waals surface area contributed by atoms with Crippen molar-refractivity contribution in [3.63, 3.8) is 0 Å². The van der Waals surface area contributed by atoms with E-state index >= 15 is 0 Å². The number of aliphatic hydroxyl groups is 1. The summed E-state index contributed by atoms with van der Waals surface area (Å²) in [7, 11) is 0. The van der Waals surface area contributed by atoms with E-state index in [1.807, 2.05) is 0 Å². The number of rotatable bonds is 0. The van der Waals surface area contributed by atoms with Crippen molar-refractivity contribution >= 4 is 33.2 Å². The van der Waals surface area contributed by atoms with Crippen LogP contribution in [0.4, 0.5) is 24.5 Å². The second-order valence-electron chi connectivity index (χ2n) is 3.97. The van der Waals surface area contributed by atoms with Gasteiger partial charge in [0.05, 0.1) is 12.1 Å². The van der Waals surface area contributed by atoms with Crippen molar-refractivity contribution in [1.82, 2.24) is 0 Å². The predicted octanol–water partition coefficient (Wildman–Crippen LogP) is 2.12. The van der Waals surface area contributed by atoms with Crippen LogP contribution >= 0.6 is 15.9 Å². The maximum absolute atomic E-state index is 13.0. The topological polar surface area (TPSA) is 75.3 Å². The first-order chi connectivity index (χ1) is 8.17. The van der Waals surface area contributed by atoms with Crippen molar-refractivity contribution in [3.8, 4) is 0 Å². The summed E-state index contributed by atoms with van der Waals surface area (Å²) in [5, 5.41) is 12.1. The quantitative estimate of drug-likeness (QED) is 0.640. The molecule has 1 aliphatic heterocycles. The average Bonchev–Trinajstić information content (AvgIpc) is 2.21. The Morgan fingerprint density at radius 2 is 2.06 bits per heavy atom. The Labute approximate surface area is 108 Å². The highest BCUT2D eigenvalue weighted by atomic mass is 79.9. The van der Waals surface area contributed by atoms with Gasteiger partial charge >= 0.3 is 6.18 Å². The smallest absolute Gasteiger partial charge is 0.397 e. The molecule has 1 aliphatic rings. The normalized spacial score (nSPS) is 23.5. The molecule has 0 aromatic heterocycles. The van der Waals surface area contributed by atoms with Crippen LogP contribution in [0.15, 0.2) is 16.6 Å². The molecular formula is C10H8BrF3N2O2. The summed E-state index contributed by atoms with van der Waals surface area (Å²) in [5.41, 5.74) is 1.40. The number of benzene rings is 1. The van der Waals surface area contributed by atoms with Gasteiger partial charge in [-0.2, -0.15) is 13.2 Å². The van der Waals surface area contributed by atoms with Gasteiger partial charge in [0.1, 0.15) is 0 Å². The maximum Gasteiger partial charge on any atom is 0.422 e. The second kappa shape index (κ2) is 3.86. The highest BCUT2D eigenvalue weighted by Gasteiger charge is 2.59. The zero-order chi connectivity index (χ0) is 13.7. The molecule has 2 rings (SSSR count). The molecule has 0 saturated heterocycles. The summed E-state index contributed by atoms with van der Waals surface area (Å²) >= 11 is 2.99. The summed E-state index contributed by atoms with van der Waals surface area (Å²) < 4.78 is 39.2. The molecule has 0 bridgehead atoms. The van der Waals surface area contributed by atoms with Crippen molar-refractivity contribution in [3.05, 3.63) is 22.2 Å². The molecule has 4 N–H and O–H groups in total. The molecule has 4 nitrogen and oxygen atoms in total. The molecule has 0 aliphatic carbocycles. The first-order valence-corrected chi connectivity index (χ1v) is 5.63. The molecule has 18 heavy (non-hydrogen) atoms. The van der Waals surface area contributed by atoms with Gasteiger partial charge < -0.3 is 16.2 Å². The number of halogens is 4. The lowest BCUT2D eigenvalue weighted by Crippen LogP contribution is -2.48. The number of hydrogen-bond donors (Lipinski definition) is 3. The first-order valence-electron chi connectivity index (χ1n) is 4.84. The van der Waals surface area contributed by atoms with Crippen LogP contribution in [0.5, 0.6) is 0 Å². The van der Waals surface area contributed by atoms with E-state index in [1.54, 1.807) is 0 Å². The molecule has 1 heterocycles. The van der Waals surface area contributed by atoms with Crippen molar-refractivity contribution in [2.45, 2.75) is 18.2 Å². The standard InChI is InChI=1S/C10H8BrF3N2O2/c11-4-1-2-5-7(8(4)15)9(18,10(12,13)14)3-6(17)16-5/h1-2,18H,3,15H2,(H,16,17). The van der Waals surface area contributed by atoms with Gasteiger partial charge in [0.25, 0.3) is 0 Å². The van der Waals surface area contributed by atoms with Gasteiger partial charge in [-0.3, -0.25) is 4.79 Å². The first kappa shape index (κ1) is 13.2. The summed E-state index contributed by atoms with van der Waals surface area (Å²) in [4.78, 5) is 11.3. The minimum atomic E-state index is -4.99. The fraction of sp³-hybridized carbons (Fsp3) is 0.300. The van der Waals surface area contributed by atoms with Crippen LogP contribution in [-0.4, -0.2) is 17.2 Å². The third kappa shape index (κ3) is 1.76. The number of amides is 1. The SMILES string of the molecule is Nc1c(Br)ccc2c1C(O)(C(F)(F)F)CC(=O)N2. The lowest BCUT2D eigenvalue weighted by molar-refractivity contribution is -0.267. The zero-order valence-electron chi connectivity index (χ0n) is 8.81. The summed E-state index contributed by atoms with van der Waals surface area (Å²) in [6, 6.07) is 2.65. The molecule has 1 unspecified atom stereocenters. The van der Waals surface area contributed by atoms with Crippen LogP contribution < -0.4 is 11.1 Å². The Hall–Kier alpha value is -1.28. The molecule has 1 aromatic rings. The van der Waals surface area contributed by atoms with Crippen LogP contribution in [0.3, 0.4) is 0 Å². The number of anilines is 2. The number of alkyl halides is 3. The largest absolute Gasteiger partial charge is 0.422 e. The average molecular weight is 325 g/mol. The number of nitrogens with one attached hydrogen (secondary N) is 1. The van der Waals surface area contributed by atoms with Crippen LogP contribution in [0.25, 0.3) is 0 Å². The molecule has 1 aromatic carbocycles. The molecule has 1 atom stereocenters. The fourth-order valence-corrected chi connectivity index (χ4v) is 2.23. The Morgan fingerprint density at radius 3 is 2.61 bits per heavy atom. The van der Waals surface area contributed by atoms with E-state index in [0.29, 0.717) is 0 Å². The van der Waals surface area contributed by atoms with Gasteiger partial charge in [0.2, 0.25) is 5.91 Å². The van der Waals surface area contributed by atoms with Crippen molar-refractivity contribution in [2.75, 3.05) is 11.1 Å². The minimum absolute atomic E-state index is 0.133. The van der Waals surface area contributed by atoms with Crippen LogP contribution in [0, 0.1) is 0 Å². The van der Waals surface area contributed by atoms with Crippen LogP contribution in [0.2, 0.25) is 0 Å². The Balaban J connectivity index is 2.75. The summed E-state index contributed by atoms with van der Waals surface area (Å²) in [5.74, 6) is -0.913. The Kier molecular flexibility index (Phi) is 2.82. The van der Waals surface area contributed by atoms with Gasteiger partial charge in [0.15, 0.2) is 5.60 Å². The minimum Gasteiger partial charge on any atom is -0.397 e. The molecule has 8 heteroatoms. The summed E-state index contributed by atoms with van der Waals surface area (Å²) in [6.45, 7) is 0. The van der Waals surface area contributed by atoms with Crippen molar-refractivity contribution in [1.29, 1.82) is 0 Å². The van der Waals surface area contributed by atoms with Gasteiger partial charge in [-0.05, 0) is 28.1 Å². The van der Waals surface area contributed by atoms with Gasteiger partial charge in [0, 0.05) is 15.7 Å². The van der Waals surface area contributed by atoms with E-state index in [0.717, 1.165) is 0 Å². The van der Waals surface area contributed by atoms with Gasteiger partial charge in [-0.25, -0.2) is 0 Å². The number of nitrogens with two attached hydrogens (primary N) is 1. The lowest BCUT2D eigenvalue weighted by Gasteiger charge is -2.36. The zero-order valence-corrected chi connectivity index (χ0v) is 10.4. The van der Waals surface area contributed by atoms with Crippen LogP contribution in [-0.2, 0) is 10.4 Å². The maximum atomic E-state index is 13.0. The highest BCUT2D eigenvalue weighted by Crippen LogP contribution is 2.50.